The van der Waals surface area contributed by atoms with Gasteiger partial charge in [-0.05, 0) is 64.7 Å². The summed E-state index contributed by atoms with van der Waals surface area (Å²) in [5.74, 6) is -0.519. The standard InChI is InChI=1S/C37H29N3O4/c1-24(41)40-34-10-6-5-9-30(34)36(42)35(40)23-29-22-31(27-13-11-26(12-14-27)25-7-3-2-4-8-25)32-21-28(15-16-33(32)38-29)37(43)39-17-19-44-20-18-39/h2-16,21-23H,17-20H2,1H3. The van der Waals surface area contributed by atoms with Crippen molar-refractivity contribution in [3.63, 3.8) is 0 Å². The second kappa shape index (κ2) is 11.4. The molecule has 7 rings (SSSR count). The minimum Gasteiger partial charge on any atom is -0.378 e. The average Bonchev–Trinajstić information content (AvgIpc) is 3.35. The largest absolute Gasteiger partial charge is 0.378 e. The van der Waals surface area contributed by atoms with Gasteiger partial charge in [-0.3, -0.25) is 19.3 Å². The number of fused-ring (bicyclic) bond motifs is 2. The van der Waals surface area contributed by atoms with Gasteiger partial charge >= 0.3 is 0 Å². The van der Waals surface area contributed by atoms with Crippen LogP contribution in [0.5, 0.6) is 0 Å². The van der Waals surface area contributed by atoms with Crippen LogP contribution in [0.15, 0.2) is 109 Å². The Kier molecular flexibility index (Phi) is 7.08. The van der Waals surface area contributed by atoms with Gasteiger partial charge < -0.3 is 9.64 Å². The lowest BCUT2D eigenvalue weighted by molar-refractivity contribution is -0.116. The molecule has 2 amide bonds. The fraction of sp³-hybridized carbons (Fsp3) is 0.135. The molecule has 1 aromatic heterocycles. The second-order valence-corrected chi connectivity index (χ2v) is 10.9. The normalized spacial score (nSPS) is 15.6. The van der Waals surface area contributed by atoms with Gasteiger partial charge in [-0.1, -0.05) is 66.7 Å². The number of allylic oxidation sites excluding steroid dienone is 1. The first-order valence-corrected chi connectivity index (χ1v) is 14.6. The molecular weight excluding hydrogens is 550 g/mol. The van der Waals surface area contributed by atoms with Gasteiger partial charge in [0.05, 0.1) is 35.8 Å². The number of benzene rings is 4. The first-order valence-electron chi connectivity index (χ1n) is 14.6. The first-order chi connectivity index (χ1) is 21.5. The zero-order chi connectivity index (χ0) is 30.2. The molecule has 44 heavy (non-hydrogen) atoms. The third-order valence-corrected chi connectivity index (χ3v) is 8.14. The van der Waals surface area contributed by atoms with Crippen LogP contribution in [0, 0.1) is 0 Å². The van der Waals surface area contributed by atoms with Gasteiger partial charge in [-0.15, -0.1) is 0 Å². The van der Waals surface area contributed by atoms with E-state index in [2.05, 4.69) is 36.4 Å². The summed E-state index contributed by atoms with van der Waals surface area (Å²) in [7, 11) is 0. The van der Waals surface area contributed by atoms with E-state index in [4.69, 9.17) is 9.72 Å². The number of hydrogen-bond acceptors (Lipinski definition) is 5. The maximum Gasteiger partial charge on any atom is 0.254 e. The van der Waals surface area contributed by atoms with E-state index in [1.54, 1.807) is 30.3 Å². The molecule has 0 N–H and O–H groups in total. The highest BCUT2D eigenvalue weighted by Gasteiger charge is 2.34. The van der Waals surface area contributed by atoms with E-state index in [1.165, 1.54) is 11.8 Å². The topological polar surface area (TPSA) is 79.8 Å². The number of morpholine rings is 1. The van der Waals surface area contributed by atoms with Crippen molar-refractivity contribution in [1.29, 1.82) is 0 Å². The number of aromatic nitrogens is 1. The molecule has 0 spiro atoms. The van der Waals surface area contributed by atoms with Crippen molar-refractivity contribution in [3.05, 3.63) is 126 Å². The summed E-state index contributed by atoms with van der Waals surface area (Å²) in [5.41, 5.74) is 7.13. The summed E-state index contributed by atoms with van der Waals surface area (Å²) in [6, 6.07) is 33.0. The fourth-order valence-corrected chi connectivity index (χ4v) is 5.95. The Labute approximate surface area is 255 Å². The van der Waals surface area contributed by atoms with Crippen molar-refractivity contribution in [3.8, 4) is 22.3 Å². The number of nitrogens with zero attached hydrogens (tertiary/aromatic N) is 3. The van der Waals surface area contributed by atoms with Crippen molar-refractivity contribution < 1.29 is 19.1 Å². The molecule has 1 saturated heterocycles. The quantitative estimate of drug-likeness (QED) is 0.223. The summed E-state index contributed by atoms with van der Waals surface area (Å²) in [6.07, 6.45) is 1.68. The van der Waals surface area contributed by atoms with Crippen LogP contribution in [0.25, 0.3) is 39.2 Å². The Morgan fingerprint density at radius 1 is 0.773 bits per heavy atom. The minimum absolute atomic E-state index is 0.0433. The summed E-state index contributed by atoms with van der Waals surface area (Å²) in [6.45, 7) is 3.61. The van der Waals surface area contributed by atoms with Crippen molar-refractivity contribution in [2.24, 2.45) is 0 Å². The number of carbonyl (C=O) groups is 3. The molecular formula is C37H29N3O4. The zero-order valence-corrected chi connectivity index (χ0v) is 24.2. The number of rotatable bonds is 4. The monoisotopic (exact) mass is 579 g/mol. The summed E-state index contributed by atoms with van der Waals surface area (Å²) in [5, 5.41) is 0.822. The van der Waals surface area contributed by atoms with Gasteiger partial charge in [0, 0.05) is 36.5 Å². The van der Waals surface area contributed by atoms with Crippen LogP contribution in [0.2, 0.25) is 0 Å². The molecule has 2 aliphatic heterocycles. The third kappa shape index (κ3) is 4.97. The van der Waals surface area contributed by atoms with Gasteiger partial charge in [0.25, 0.3) is 5.91 Å². The number of ether oxygens (including phenoxy) is 1. The molecule has 0 aliphatic carbocycles. The smallest absolute Gasteiger partial charge is 0.254 e. The van der Waals surface area contributed by atoms with Crippen LogP contribution in [0.1, 0.15) is 33.3 Å². The van der Waals surface area contributed by atoms with Gasteiger partial charge in [0.1, 0.15) is 0 Å². The number of hydrogen-bond donors (Lipinski definition) is 0. The lowest BCUT2D eigenvalue weighted by Gasteiger charge is -2.27. The van der Waals surface area contributed by atoms with Crippen LogP contribution in [-0.4, -0.2) is 53.8 Å². The van der Waals surface area contributed by atoms with Gasteiger partial charge in [-0.2, -0.15) is 0 Å². The minimum atomic E-state index is -0.252. The average molecular weight is 580 g/mol. The molecule has 0 radical (unpaired) electrons. The van der Waals surface area contributed by atoms with E-state index in [-0.39, 0.29) is 23.3 Å². The van der Waals surface area contributed by atoms with E-state index >= 15 is 0 Å². The van der Waals surface area contributed by atoms with Crippen LogP contribution in [-0.2, 0) is 9.53 Å². The highest BCUT2D eigenvalue weighted by atomic mass is 16.5. The highest BCUT2D eigenvalue weighted by molar-refractivity contribution is 6.26. The summed E-state index contributed by atoms with van der Waals surface area (Å²) in [4.78, 5) is 47.7. The van der Waals surface area contributed by atoms with Crippen LogP contribution >= 0.6 is 0 Å². The van der Waals surface area contributed by atoms with E-state index < -0.39 is 0 Å². The highest BCUT2D eigenvalue weighted by Crippen LogP contribution is 2.37. The van der Waals surface area contributed by atoms with Gasteiger partial charge in [0.2, 0.25) is 11.7 Å². The Balaban J connectivity index is 1.36. The molecule has 0 saturated carbocycles. The number of Topliss-reactive ketones (excluding diaryl/α,β-unsaturated/α-hetero) is 1. The molecule has 0 atom stereocenters. The van der Waals surface area contributed by atoms with Crippen molar-refractivity contribution in [2.75, 3.05) is 31.2 Å². The maximum atomic E-state index is 13.4. The Morgan fingerprint density at radius 2 is 1.45 bits per heavy atom. The summed E-state index contributed by atoms with van der Waals surface area (Å²) < 4.78 is 5.43. The Bertz CT molecular complexity index is 1960. The van der Waals surface area contributed by atoms with E-state index in [0.717, 1.165) is 27.6 Å². The van der Waals surface area contributed by atoms with Crippen LogP contribution in [0.3, 0.4) is 0 Å². The molecule has 216 valence electrons. The molecule has 4 aromatic carbocycles. The van der Waals surface area contributed by atoms with Crippen molar-refractivity contribution in [2.45, 2.75) is 6.92 Å². The van der Waals surface area contributed by atoms with E-state index in [1.807, 2.05) is 47.4 Å². The molecule has 1 fully saturated rings. The molecule has 3 heterocycles. The van der Waals surface area contributed by atoms with Crippen molar-refractivity contribution in [1.82, 2.24) is 9.88 Å². The maximum absolute atomic E-state index is 13.4. The molecule has 0 bridgehead atoms. The fourth-order valence-electron chi connectivity index (χ4n) is 5.95. The number of amides is 2. The van der Waals surface area contributed by atoms with Crippen molar-refractivity contribution >= 4 is 40.3 Å². The lowest BCUT2D eigenvalue weighted by atomic mass is 9.96. The first kappa shape index (κ1) is 27.4. The van der Waals surface area contributed by atoms with Gasteiger partial charge in [0.15, 0.2) is 0 Å². The van der Waals surface area contributed by atoms with Crippen LogP contribution < -0.4 is 4.90 Å². The second-order valence-electron chi connectivity index (χ2n) is 10.9. The van der Waals surface area contributed by atoms with Crippen LogP contribution in [0.4, 0.5) is 5.69 Å². The predicted molar refractivity (Wildman–Crippen MR) is 171 cm³/mol. The summed E-state index contributed by atoms with van der Waals surface area (Å²) >= 11 is 0. The Morgan fingerprint density at radius 3 is 2.20 bits per heavy atom. The SMILES string of the molecule is CC(=O)N1C(=Cc2cc(-c3ccc(-c4ccccc4)cc3)c3cc(C(=O)N4CCOCC4)ccc3n2)C(=O)c2ccccc21. The molecule has 7 nitrogen and oxygen atoms in total. The third-order valence-electron chi connectivity index (χ3n) is 8.14. The molecule has 2 aliphatic rings. The number of carbonyl (C=O) groups excluding carboxylic acids is 3. The van der Waals surface area contributed by atoms with Gasteiger partial charge in [-0.25, -0.2) is 4.98 Å². The molecule has 5 aromatic rings. The number of pyridine rings is 1. The lowest BCUT2D eigenvalue weighted by Crippen LogP contribution is -2.40. The Hall–Kier alpha value is -5.40. The van der Waals surface area contributed by atoms with E-state index in [9.17, 15) is 14.4 Å². The zero-order valence-electron chi connectivity index (χ0n) is 24.2. The van der Waals surface area contributed by atoms with E-state index in [0.29, 0.717) is 54.3 Å². The number of para-hydroxylation sites is 1. The number of ketones is 1. The number of anilines is 1. The molecule has 7 heteroatoms. The molecule has 0 unspecified atom stereocenters. The predicted octanol–water partition coefficient (Wildman–Crippen LogP) is 6.63.